The Balaban J connectivity index is 1.73. The first kappa shape index (κ1) is 20.8. The molecule has 2 aromatic heterocycles. The quantitative estimate of drug-likeness (QED) is 0.401. The van der Waals surface area contributed by atoms with Crippen LogP contribution < -0.4 is 0 Å². The van der Waals surface area contributed by atoms with E-state index in [9.17, 15) is 17.2 Å². The average Bonchev–Trinajstić information content (AvgIpc) is 3.37. The molecular weight excluding hydrogens is 430 g/mol. The minimum Gasteiger partial charge on any atom is -0.333 e. The molecule has 8 nitrogen and oxygen atoms in total. The van der Waals surface area contributed by atoms with Gasteiger partial charge in [-0.25, -0.2) is 8.78 Å². The van der Waals surface area contributed by atoms with Crippen molar-refractivity contribution >= 4 is 10.1 Å². The lowest BCUT2D eigenvalue weighted by molar-refractivity contribution is 0.298. The van der Waals surface area contributed by atoms with Crippen molar-refractivity contribution in [3.05, 3.63) is 66.4 Å². The number of nitrogens with zero attached hydrogens (tertiary/aromatic N) is 4. The van der Waals surface area contributed by atoms with E-state index < -0.39 is 21.8 Å². The van der Waals surface area contributed by atoms with Crippen molar-refractivity contribution in [2.45, 2.75) is 6.54 Å². The molecule has 0 N–H and O–H groups in total. The van der Waals surface area contributed by atoms with Crippen LogP contribution in [0.4, 0.5) is 8.78 Å². The van der Waals surface area contributed by atoms with E-state index in [0.717, 1.165) is 30.0 Å². The van der Waals surface area contributed by atoms with Crippen LogP contribution >= 0.6 is 0 Å². The predicted molar refractivity (Wildman–Crippen MR) is 107 cm³/mol. The van der Waals surface area contributed by atoms with Gasteiger partial charge in [0.15, 0.2) is 0 Å². The van der Waals surface area contributed by atoms with Gasteiger partial charge in [0.25, 0.3) is 16.0 Å². The van der Waals surface area contributed by atoms with Crippen LogP contribution in [0.25, 0.3) is 34.1 Å². The third-order valence-electron chi connectivity index (χ3n) is 4.31. The second-order valence-corrected chi connectivity index (χ2v) is 8.21. The molecule has 0 unspecified atom stereocenters. The molecule has 0 amide bonds. The lowest BCUT2D eigenvalue weighted by atomic mass is 10.1. The average molecular weight is 446 g/mol. The second-order valence-electron chi connectivity index (χ2n) is 6.57. The molecule has 0 aliphatic carbocycles. The van der Waals surface area contributed by atoms with Crippen molar-refractivity contribution in [1.29, 1.82) is 0 Å². The maximum atomic E-state index is 14.1. The van der Waals surface area contributed by atoms with Crippen LogP contribution in [0.5, 0.6) is 0 Å². The van der Waals surface area contributed by atoms with Crippen molar-refractivity contribution in [2.24, 2.45) is 0 Å². The van der Waals surface area contributed by atoms with Gasteiger partial charge in [0, 0.05) is 5.56 Å². The van der Waals surface area contributed by atoms with E-state index in [2.05, 4.69) is 15.2 Å². The normalized spacial score (nSPS) is 11.7. The zero-order chi connectivity index (χ0) is 22.0. The highest BCUT2D eigenvalue weighted by atomic mass is 32.2. The van der Waals surface area contributed by atoms with Crippen molar-refractivity contribution in [3.8, 4) is 34.1 Å². The number of benzene rings is 2. The first-order valence-corrected chi connectivity index (χ1v) is 10.9. The highest BCUT2D eigenvalue weighted by Gasteiger charge is 2.21. The lowest BCUT2D eigenvalue weighted by Gasteiger charge is -2.09. The van der Waals surface area contributed by atoms with Crippen molar-refractivity contribution in [2.75, 3.05) is 12.9 Å². The summed E-state index contributed by atoms with van der Waals surface area (Å²) in [6, 6.07) is 12.1. The fraction of sp³-hybridized carbons (Fsp3) is 0.150. The van der Waals surface area contributed by atoms with E-state index in [1.165, 1.54) is 6.20 Å². The summed E-state index contributed by atoms with van der Waals surface area (Å²) in [5.74, 6) is -1.39. The van der Waals surface area contributed by atoms with Gasteiger partial charge >= 0.3 is 0 Å². The predicted octanol–water partition coefficient (Wildman–Crippen LogP) is 3.52. The van der Waals surface area contributed by atoms with Gasteiger partial charge < -0.3 is 4.52 Å². The highest BCUT2D eigenvalue weighted by molar-refractivity contribution is 7.85. The van der Waals surface area contributed by atoms with E-state index in [0.29, 0.717) is 11.3 Å². The Bertz CT molecular complexity index is 1320. The van der Waals surface area contributed by atoms with Crippen LogP contribution in [0.15, 0.2) is 59.3 Å². The zero-order valence-electron chi connectivity index (χ0n) is 16.2. The van der Waals surface area contributed by atoms with E-state index in [1.54, 1.807) is 4.68 Å². The lowest BCUT2D eigenvalue weighted by Crippen LogP contribution is -2.12. The summed E-state index contributed by atoms with van der Waals surface area (Å²) in [5, 5.41) is 8.05. The molecule has 2 aromatic carbocycles. The van der Waals surface area contributed by atoms with Gasteiger partial charge in [-0.05, 0) is 18.2 Å². The number of hydrogen-bond acceptors (Lipinski definition) is 7. The largest absolute Gasteiger partial charge is 0.333 e. The number of hydrogen-bond donors (Lipinski definition) is 0. The van der Waals surface area contributed by atoms with Crippen LogP contribution in [-0.4, -0.2) is 41.2 Å². The van der Waals surface area contributed by atoms with Crippen LogP contribution in [0, 0.1) is 11.6 Å². The number of halogens is 2. The fourth-order valence-electron chi connectivity index (χ4n) is 3.00. The summed E-state index contributed by atoms with van der Waals surface area (Å²) in [5.41, 5.74) is 1.64. The summed E-state index contributed by atoms with van der Waals surface area (Å²) in [4.78, 5) is 4.21. The van der Waals surface area contributed by atoms with E-state index in [1.807, 2.05) is 30.3 Å². The first-order valence-electron chi connectivity index (χ1n) is 9.07. The maximum Gasteiger partial charge on any atom is 0.264 e. The van der Waals surface area contributed by atoms with E-state index in [-0.39, 0.29) is 30.4 Å². The molecule has 31 heavy (non-hydrogen) atoms. The Morgan fingerprint density at radius 1 is 1.10 bits per heavy atom. The molecule has 0 saturated heterocycles. The molecular formula is C20H16F2N4O4S. The zero-order valence-corrected chi connectivity index (χ0v) is 17.0. The molecule has 0 bridgehead atoms. The molecule has 4 rings (SSSR count). The summed E-state index contributed by atoms with van der Waals surface area (Å²) >= 11 is 0. The van der Waals surface area contributed by atoms with Crippen LogP contribution in [-0.2, 0) is 20.8 Å². The van der Waals surface area contributed by atoms with Crippen LogP contribution in [0.3, 0.4) is 0 Å². The molecule has 2 heterocycles. The Hall–Kier alpha value is -3.44. The molecule has 11 heteroatoms. The minimum absolute atomic E-state index is 0.0489. The summed E-state index contributed by atoms with van der Waals surface area (Å²) < 4.78 is 61.8. The monoisotopic (exact) mass is 446 g/mol. The van der Waals surface area contributed by atoms with E-state index in [4.69, 9.17) is 8.71 Å². The molecule has 4 aromatic rings. The topological polar surface area (TPSA) is 100 Å². The highest BCUT2D eigenvalue weighted by Crippen LogP contribution is 2.32. The van der Waals surface area contributed by atoms with Gasteiger partial charge in [-0.1, -0.05) is 35.5 Å². The molecule has 0 atom stereocenters. The maximum absolute atomic E-state index is 14.1. The van der Waals surface area contributed by atoms with Gasteiger partial charge in [0.05, 0.1) is 42.4 Å². The smallest absolute Gasteiger partial charge is 0.264 e. The van der Waals surface area contributed by atoms with Gasteiger partial charge in [0.1, 0.15) is 11.6 Å². The van der Waals surface area contributed by atoms with Crippen LogP contribution in [0.1, 0.15) is 0 Å². The van der Waals surface area contributed by atoms with Gasteiger partial charge in [-0.3, -0.25) is 8.86 Å². The molecule has 0 spiro atoms. The van der Waals surface area contributed by atoms with Crippen molar-refractivity contribution in [3.63, 3.8) is 0 Å². The SMILES string of the molecule is CS(=O)(=O)OCCn1ncc(-c2nc(-c3cc(F)ccc3F)no2)c1-c1ccccc1. The second kappa shape index (κ2) is 8.36. The Labute approximate surface area is 176 Å². The summed E-state index contributed by atoms with van der Waals surface area (Å²) in [6.07, 6.45) is 2.44. The van der Waals surface area contributed by atoms with Gasteiger partial charge in [0.2, 0.25) is 5.82 Å². The molecule has 0 aliphatic rings. The van der Waals surface area contributed by atoms with E-state index >= 15 is 0 Å². The molecule has 160 valence electrons. The minimum atomic E-state index is -3.60. The molecule has 0 fully saturated rings. The van der Waals surface area contributed by atoms with Crippen molar-refractivity contribution in [1.82, 2.24) is 19.9 Å². The molecule has 0 aliphatic heterocycles. The molecule has 0 radical (unpaired) electrons. The van der Waals surface area contributed by atoms with Crippen LogP contribution in [0.2, 0.25) is 0 Å². The number of aromatic nitrogens is 4. The van der Waals surface area contributed by atoms with Crippen molar-refractivity contribution < 1.29 is 25.9 Å². The Kier molecular flexibility index (Phi) is 5.61. The molecule has 0 saturated carbocycles. The summed E-state index contributed by atoms with van der Waals surface area (Å²) in [6.45, 7) is 0.0141. The number of rotatable bonds is 7. The third-order valence-corrected chi connectivity index (χ3v) is 4.91. The Morgan fingerprint density at radius 3 is 2.61 bits per heavy atom. The van der Waals surface area contributed by atoms with Gasteiger partial charge in [-0.2, -0.15) is 18.5 Å². The Morgan fingerprint density at radius 2 is 1.87 bits per heavy atom. The van der Waals surface area contributed by atoms with Gasteiger partial charge in [-0.15, -0.1) is 0 Å². The standard InChI is InChI=1S/C20H16F2N4O4S/c1-31(27,28)29-10-9-26-18(13-5-3-2-4-6-13)16(12-23-26)20-24-19(25-30-20)15-11-14(21)7-8-17(15)22/h2-8,11-12H,9-10H2,1H3. The first-order chi connectivity index (χ1) is 14.8. The fourth-order valence-corrected chi connectivity index (χ4v) is 3.38. The third kappa shape index (κ3) is 4.67. The summed E-state index contributed by atoms with van der Waals surface area (Å²) in [7, 11) is -3.60.